The lowest BCUT2D eigenvalue weighted by atomic mass is 10.1. The van der Waals surface area contributed by atoms with Gasteiger partial charge in [-0.25, -0.2) is 9.59 Å². The van der Waals surface area contributed by atoms with Crippen LogP contribution >= 0.6 is 11.6 Å². The second-order valence-corrected chi connectivity index (χ2v) is 6.82. The lowest BCUT2D eigenvalue weighted by molar-refractivity contribution is 0.0524. The molecule has 1 aromatic heterocycles. The topological polar surface area (TPSA) is 69.6 Å². The molecule has 1 heterocycles. The van der Waals surface area contributed by atoms with E-state index in [1.54, 1.807) is 12.1 Å². The summed E-state index contributed by atoms with van der Waals surface area (Å²) >= 11 is 5.41. The molecule has 1 N–H and O–H groups in total. The number of rotatable bonds is 6. The highest BCUT2D eigenvalue weighted by Gasteiger charge is 2.15. The number of halogens is 1. The van der Waals surface area contributed by atoms with E-state index in [2.05, 4.69) is 9.88 Å². The molecule has 0 aliphatic rings. The molecule has 0 unspecified atom stereocenters. The Morgan fingerprint density at radius 3 is 2.68 bits per heavy atom. The molecule has 0 saturated carbocycles. The van der Waals surface area contributed by atoms with E-state index in [0.717, 1.165) is 23.9 Å². The van der Waals surface area contributed by atoms with Gasteiger partial charge in [0.05, 0.1) is 5.56 Å². The molecule has 1 aromatic carbocycles. The minimum Gasteiger partial charge on any atom is -0.446 e. The highest BCUT2D eigenvalue weighted by Crippen LogP contribution is 2.19. The highest BCUT2D eigenvalue weighted by molar-refractivity contribution is 6.17. The molecule has 7 heteroatoms. The SMILES string of the molecule is CC(C)(C)OC(=O)NCCCn1ccc2cc(C(=O)OCCl)ccc21. The summed E-state index contributed by atoms with van der Waals surface area (Å²) in [6.07, 6.45) is 2.31. The molecule has 25 heavy (non-hydrogen) atoms. The molecular formula is C18H23ClN2O4. The molecule has 0 spiro atoms. The molecule has 0 saturated heterocycles. The third kappa shape index (κ3) is 5.67. The second kappa shape index (κ2) is 8.25. The fourth-order valence-corrected chi connectivity index (χ4v) is 2.51. The smallest absolute Gasteiger partial charge is 0.407 e. The molecule has 2 rings (SSSR count). The van der Waals surface area contributed by atoms with Gasteiger partial charge < -0.3 is 19.4 Å². The van der Waals surface area contributed by atoms with E-state index in [-0.39, 0.29) is 6.07 Å². The van der Waals surface area contributed by atoms with Crippen molar-refractivity contribution in [1.82, 2.24) is 9.88 Å². The standard InChI is InChI=1S/C18H23ClN2O4/c1-18(2,3)25-17(23)20-8-4-9-21-10-7-13-11-14(5-6-15(13)21)16(22)24-12-19/h5-7,10-11H,4,8-9,12H2,1-3H3,(H,20,23). The summed E-state index contributed by atoms with van der Waals surface area (Å²) in [5.74, 6) is -0.439. The van der Waals surface area contributed by atoms with E-state index in [9.17, 15) is 9.59 Å². The van der Waals surface area contributed by atoms with Crippen LogP contribution in [0.3, 0.4) is 0 Å². The second-order valence-electron chi connectivity index (χ2n) is 6.61. The zero-order chi connectivity index (χ0) is 18.4. The molecule has 6 nitrogen and oxygen atoms in total. The van der Waals surface area contributed by atoms with Crippen molar-refractivity contribution < 1.29 is 19.1 Å². The molecule has 0 radical (unpaired) electrons. The van der Waals surface area contributed by atoms with E-state index >= 15 is 0 Å². The maximum Gasteiger partial charge on any atom is 0.407 e. The van der Waals surface area contributed by atoms with Crippen LogP contribution < -0.4 is 5.32 Å². The normalized spacial score (nSPS) is 11.4. The summed E-state index contributed by atoms with van der Waals surface area (Å²) in [5, 5.41) is 3.69. The van der Waals surface area contributed by atoms with E-state index in [0.29, 0.717) is 12.1 Å². The lowest BCUT2D eigenvalue weighted by Crippen LogP contribution is -2.33. The van der Waals surface area contributed by atoms with Crippen molar-refractivity contribution >= 4 is 34.6 Å². The summed E-state index contributed by atoms with van der Waals surface area (Å²) < 4.78 is 12.1. The van der Waals surface area contributed by atoms with Gasteiger partial charge >= 0.3 is 12.1 Å². The first-order chi connectivity index (χ1) is 11.8. The summed E-state index contributed by atoms with van der Waals surface area (Å²) in [5.41, 5.74) is 0.987. The number of amides is 1. The zero-order valence-corrected chi connectivity index (χ0v) is 15.4. The molecule has 136 valence electrons. The predicted octanol–water partition coefficient (Wildman–Crippen LogP) is 3.91. The average molecular weight is 367 g/mol. The van der Waals surface area contributed by atoms with Crippen LogP contribution in [0.25, 0.3) is 10.9 Å². The van der Waals surface area contributed by atoms with Crippen LogP contribution in [0, 0.1) is 0 Å². The van der Waals surface area contributed by atoms with Gasteiger partial charge in [-0.05, 0) is 51.5 Å². The fraction of sp³-hybridized carbons (Fsp3) is 0.444. The molecule has 0 aliphatic heterocycles. The third-order valence-electron chi connectivity index (χ3n) is 3.44. The Bertz CT molecular complexity index is 749. The van der Waals surface area contributed by atoms with Gasteiger partial charge in [-0.3, -0.25) is 0 Å². The highest BCUT2D eigenvalue weighted by atomic mass is 35.5. The number of nitrogens with one attached hydrogen (secondary N) is 1. The van der Waals surface area contributed by atoms with Crippen LogP contribution in [0.15, 0.2) is 30.5 Å². The number of hydrogen-bond acceptors (Lipinski definition) is 4. The Hall–Kier alpha value is -2.21. The molecule has 0 fully saturated rings. The molecular weight excluding hydrogens is 344 g/mol. The first-order valence-electron chi connectivity index (χ1n) is 8.09. The Morgan fingerprint density at radius 1 is 1.24 bits per heavy atom. The van der Waals surface area contributed by atoms with Crippen molar-refractivity contribution in [3.05, 3.63) is 36.0 Å². The maximum atomic E-state index is 11.7. The number of aromatic nitrogens is 1. The quantitative estimate of drug-likeness (QED) is 0.478. The number of hydrogen-bond donors (Lipinski definition) is 1. The van der Waals surface area contributed by atoms with Crippen LogP contribution in [0.5, 0.6) is 0 Å². The Balaban J connectivity index is 1.90. The Labute approximate surface area is 152 Å². The Kier molecular flexibility index (Phi) is 6.31. The minimum atomic E-state index is -0.497. The molecule has 1 amide bonds. The molecule has 0 bridgehead atoms. The van der Waals surface area contributed by atoms with E-state index in [1.807, 2.05) is 39.1 Å². The monoisotopic (exact) mass is 366 g/mol. The number of benzene rings is 1. The largest absolute Gasteiger partial charge is 0.446 e. The molecule has 2 aromatic rings. The average Bonchev–Trinajstić information content (AvgIpc) is 2.92. The van der Waals surface area contributed by atoms with Crippen molar-refractivity contribution in [2.24, 2.45) is 0 Å². The number of alkyl halides is 1. The van der Waals surface area contributed by atoms with Gasteiger partial charge in [0, 0.05) is 30.2 Å². The summed E-state index contributed by atoms with van der Waals surface area (Å²) in [6, 6.07) is 7.14. The maximum absolute atomic E-state index is 11.7. The predicted molar refractivity (Wildman–Crippen MR) is 96.9 cm³/mol. The van der Waals surface area contributed by atoms with Gasteiger partial charge in [-0.15, -0.1) is 0 Å². The molecule has 0 atom stereocenters. The van der Waals surface area contributed by atoms with Crippen molar-refractivity contribution in [1.29, 1.82) is 0 Å². The fourth-order valence-electron chi connectivity index (χ4n) is 2.41. The van der Waals surface area contributed by atoms with Crippen molar-refractivity contribution in [2.45, 2.75) is 39.3 Å². The summed E-state index contributed by atoms with van der Waals surface area (Å²) in [4.78, 5) is 23.3. The summed E-state index contributed by atoms with van der Waals surface area (Å²) in [6.45, 7) is 6.75. The van der Waals surface area contributed by atoms with Crippen LogP contribution in [-0.4, -0.2) is 34.8 Å². The Morgan fingerprint density at radius 2 is 2.00 bits per heavy atom. The van der Waals surface area contributed by atoms with Crippen molar-refractivity contribution in [3.63, 3.8) is 0 Å². The number of alkyl carbamates (subject to hydrolysis) is 1. The van der Waals surface area contributed by atoms with Crippen LogP contribution in [0.1, 0.15) is 37.6 Å². The van der Waals surface area contributed by atoms with Crippen LogP contribution in [0.2, 0.25) is 0 Å². The summed E-state index contributed by atoms with van der Waals surface area (Å²) in [7, 11) is 0. The molecule has 0 aliphatic carbocycles. The van der Waals surface area contributed by atoms with E-state index in [1.165, 1.54) is 0 Å². The van der Waals surface area contributed by atoms with Crippen molar-refractivity contribution in [2.75, 3.05) is 12.6 Å². The first kappa shape index (κ1) is 19.1. The van der Waals surface area contributed by atoms with Crippen molar-refractivity contribution in [3.8, 4) is 0 Å². The lowest BCUT2D eigenvalue weighted by Gasteiger charge is -2.19. The van der Waals surface area contributed by atoms with Gasteiger partial charge in [-0.2, -0.15) is 0 Å². The number of carbonyl (C=O) groups excluding carboxylic acids is 2. The van der Waals surface area contributed by atoms with Gasteiger partial charge in [0.25, 0.3) is 0 Å². The first-order valence-corrected chi connectivity index (χ1v) is 8.62. The van der Waals surface area contributed by atoms with Crippen LogP contribution in [0.4, 0.5) is 4.79 Å². The zero-order valence-electron chi connectivity index (χ0n) is 14.7. The van der Waals surface area contributed by atoms with E-state index < -0.39 is 17.7 Å². The third-order valence-corrected chi connectivity index (χ3v) is 3.55. The number of esters is 1. The number of ether oxygens (including phenoxy) is 2. The number of carbonyl (C=O) groups is 2. The minimum absolute atomic E-state index is 0.164. The van der Waals surface area contributed by atoms with Gasteiger partial charge in [0.2, 0.25) is 0 Å². The van der Waals surface area contributed by atoms with Crippen LogP contribution in [-0.2, 0) is 16.0 Å². The van der Waals surface area contributed by atoms with Gasteiger partial charge in [0.15, 0.2) is 6.07 Å². The van der Waals surface area contributed by atoms with Gasteiger partial charge in [0.1, 0.15) is 5.60 Å². The van der Waals surface area contributed by atoms with E-state index in [4.69, 9.17) is 21.1 Å². The number of nitrogens with zero attached hydrogens (tertiary/aromatic N) is 1. The number of aryl methyl sites for hydroxylation is 1. The number of fused-ring (bicyclic) bond motifs is 1. The van der Waals surface area contributed by atoms with Gasteiger partial charge in [-0.1, -0.05) is 11.6 Å².